The molecule has 4 fully saturated rings. The molecule has 1 aromatic rings. The summed E-state index contributed by atoms with van der Waals surface area (Å²) in [5.74, 6) is 2.01. The first-order valence-electron chi connectivity index (χ1n) is 14.3. The lowest BCUT2D eigenvalue weighted by atomic mass is 9.89. The van der Waals surface area contributed by atoms with Gasteiger partial charge in [-0.15, -0.1) is 11.8 Å². The second kappa shape index (κ2) is 12.5. The third-order valence-electron chi connectivity index (χ3n) is 9.02. The highest BCUT2D eigenvalue weighted by Gasteiger charge is 2.41. The summed E-state index contributed by atoms with van der Waals surface area (Å²) in [6.07, 6.45) is 11.5. The van der Waals surface area contributed by atoms with E-state index in [1.807, 2.05) is 23.9 Å². The standard InChI is InChI=1S/C29H45N3O3S/c1-35-25-7-9-26(10-8-25)36-27-19-28(32(21-27)20-22-5-3-2-4-6-22)29(34)31-15-11-23(12-16-31)30-17-13-24(33)14-18-30/h7-10,22-24,27-28,33H,2-6,11-21H2,1H3/t27-,28-/m0/s1. The Balaban J connectivity index is 1.20. The minimum Gasteiger partial charge on any atom is -0.497 e. The number of ether oxygens (including phenoxy) is 1. The highest BCUT2D eigenvalue weighted by Crippen LogP contribution is 2.36. The van der Waals surface area contributed by atoms with Crippen LogP contribution in [0.5, 0.6) is 5.75 Å². The lowest BCUT2D eigenvalue weighted by Crippen LogP contribution is -2.53. The largest absolute Gasteiger partial charge is 0.497 e. The van der Waals surface area contributed by atoms with Gasteiger partial charge in [-0.25, -0.2) is 0 Å². The van der Waals surface area contributed by atoms with Crippen molar-refractivity contribution in [2.75, 3.05) is 46.4 Å². The van der Waals surface area contributed by atoms with Gasteiger partial charge in [-0.1, -0.05) is 19.3 Å². The van der Waals surface area contributed by atoms with E-state index in [1.54, 1.807) is 7.11 Å². The molecule has 5 rings (SSSR count). The van der Waals surface area contributed by atoms with Crippen molar-refractivity contribution in [2.24, 2.45) is 5.92 Å². The molecule has 0 bridgehead atoms. The Morgan fingerprint density at radius 1 is 0.972 bits per heavy atom. The first-order chi connectivity index (χ1) is 17.6. The maximum atomic E-state index is 13.9. The second-order valence-electron chi connectivity index (χ2n) is 11.4. The number of aliphatic hydroxyl groups is 1. The highest BCUT2D eigenvalue weighted by atomic mass is 32.2. The summed E-state index contributed by atoms with van der Waals surface area (Å²) in [7, 11) is 1.71. The zero-order chi connectivity index (χ0) is 24.9. The van der Waals surface area contributed by atoms with Crippen molar-refractivity contribution in [3.05, 3.63) is 24.3 Å². The normalized spacial score (nSPS) is 28.0. The average molecular weight is 516 g/mol. The van der Waals surface area contributed by atoms with E-state index in [1.165, 1.54) is 37.0 Å². The van der Waals surface area contributed by atoms with Gasteiger partial charge in [0.25, 0.3) is 0 Å². The Morgan fingerprint density at radius 2 is 1.67 bits per heavy atom. The van der Waals surface area contributed by atoms with E-state index in [-0.39, 0.29) is 12.1 Å². The van der Waals surface area contributed by atoms with E-state index in [9.17, 15) is 9.90 Å². The number of carbonyl (C=O) groups is 1. The molecule has 3 saturated heterocycles. The van der Waals surface area contributed by atoms with Crippen LogP contribution in [0.4, 0.5) is 0 Å². The molecule has 0 aromatic heterocycles. The van der Waals surface area contributed by atoms with E-state index in [0.29, 0.717) is 17.2 Å². The van der Waals surface area contributed by atoms with Gasteiger partial charge >= 0.3 is 0 Å². The van der Waals surface area contributed by atoms with Gasteiger partial charge < -0.3 is 19.6 Å². The number of hydrogen-bond acceptors (Lipinski definition) is 6. The summed E-state index contributed by atoms with van der Waals surface area (Å²) in [5.41, 5.74) is 0. The molecule has 0 spiro atoms. The Bertz CT molecular complexity index is 831. The van der Waals surface area contributed by atoms with E-state index >= 15 is 0 Å². The van der Waals surface area contributed by atoms with Crippen molar-refractivity contribution in [1.82, 2.24) is 14.7 Å². The molecule has 1 amide bonds. The van der Waals surface area contributed by atoms with Gasteiger partial charge in [0, 0.05) is 55.5 Å². The first kappa shape index (κ1) is 26.3. The Morgan fingerprint density at radius 3 is 2.33 bits per heavy atom. The predicted octanol–water partition coefficient (Wildman–Crippen LogP) is 4.26. The van der Waals surface area contributed by atoms with Crippen LogP contribution in [0.1, 0.15) is 64.2 Å². The van der Waals surface area contributed by atoms with Crippen LogP contribution >= 0.6 is 11.8 Å². The van der Waals surface area contributed by atoms with Gasteiger partial charge in [-0.3, -0.25) is 9.69 Å². The number of hydrogen-bond donors (Lipinski definition) is 1. The lowest BCUT2D eigenvalue weighted by molar-refractivity contribution is -0.138. The molecular weight excluding hydrogens is 470 g/mol. The van der Waals surface area contributed by atoms with Gasteiger partial charge in [0.05, 0.1) is 19.3 Å². The molecule has 36 heavy (non-hydrogen) atoms. The number of benzene rings is 1. The molecule has 3 aliphatic heterocycles. The number of amides is 1. The SMILES string of the molecule is COc1ccc(S[C@H]2C[C@@H](C(=O)N3CCC(N4CCC(O)CC4)CC3)N(CC3CCCCC3)C2)cc1. The molecule has 3 heterocycles. The topological polar surface area (TPSA) is 56.3 Å². The van der Waals surface area contributed by atoms with E-state index in [0.717, 1.165) is 83.0 Å². The fourth-order valence-electron chi connectivity index (χ4n) is 6.87. The van der Waals surface area contributed by atoms with Crippen molar-refractivity contribution >= 4 is 17.7 Å². The molecule has 4 aliphatic rings. The van der Waals surface area contributed by atoms with Crippen LogP contribution in [0.15, 0.2) is 29.2 Å². The third-order valence-corrected chi connectivity index (χ3v) is 10.2. The smallest absolute Gasteiger partial charge is 0.239 e. The van der Waals surface area contributed by atoms with Crippen molar-refractivity contribution in [3.63, 3.8) is 0 Å². The number of nitrogens with zero attached hydrogens (tertiary/aromatic N) is 3. The first-order valence-corrected chi connectivity index (χ1v) is 15.2. The minimum absolute atomic E-state index is 0.0318. The number of methoxy groups -OCH3 is 1. The van der Waals surface area contributed by atoms with E-state index < -0.39 is 0 Å². The molecule has 1 aromatic carbocycles. The molecule has 0 radical (unpaired) electrons. The highest BCUT2D eigenvalue weighted by molar-refractivity contribution is 8.00. The number of thioether (sulfide) groups is 1. The maximum Gasteiger partial charge on any atom is 0.239 e. The van der Waals surface area contributed by atoms with E-state index in [4.69, 9.17) is 4.74 Å². The molecule has 1 N–H and O–H groups in total. The van der Waals surface area contributed by atoms with Crippen molar-refractivity contribution in [3.8, 4) is 5.75 Å². The van der Waals surface area contributed by atoms with Crippen LogP contribution in [0.3, 0.4) is 0 Å². The fraction of sp³-hybridized carbons (Fsp3) is 0.759. The molecule has 6 nitrogen and oxygen atoms in total. The van der Waals surface area contributed by atoms with Crippen molar-refractivity contribution < 1.29 is 14.6 Å². The minimum atomic E-state index is -0.121. The molecule has 200 valence electrons. The molecule has 7 heteroatoms. The number of piperidine rings is 2. The number of likely N-dealkylation sites (tertiary alicyclic amines) is 3. The summed E-state index contributed by atoms with van der Waals surface area (Å²) in [4.78, 5) is 22.4. The number of aliphatic hydroxyl groups excluding tert-OH is 1. The number of carbonyl (C=O) groups excluding carboxylic acids is 1. The number of rotatable bonds is 7. The zero-order valence-corrected chi connectivity index (χ0v) is 22.8. The fourth-order valence-corrected chi connectivity index (χ4v) is 8.09. The summed E-state index contributed by atoms with van der Waals surface area (Å²) in [5, 5.41) is 10.3. The molecule has 1 saturated carbocycles. The summed E-state index contributed by atoms with van der Waals surface area (Å²) >= 11 is 1.93. The molecule has 0 unspecified atom stereocenters. The van der Waals surface area contributed by atoms with Crippen LogP contribution in [0.2, 0.25) is 0 Å². The molecule has 2 atom stereocenters. The summed E-state index contributed by atoms with van der Waals surface area (Å²) in [6.45, 7) is 5.86. The third kappa shape index (κ3) is 6.58. The van der Waals surface area contributed by atoms with Gasteiger partial charge in [0.1, 0.15) is 5.75 Å². The van der Waals surface area contributed by atoms with Crippen molar-refractivity contribution in [2.45, 2.75) is 92.5 Å². The van der Waals surface area contributed by atoms with Crippen LogP contribution in [0, 0.1) is 5.92 Å². The second-order valence-corrected chi connectivity index (χ2v) is 12.8. The zero-order valence-electron chi connectivity index (χ0n) is 22.0. The lowest BCUT2D eigenvalue weighted by Gasteiger charge is -2.42. The average Bonchev–Trinajstić information content (AvgIpc) is 3.31. The van der Waals surface area contributed by atoms with Crippen LogP contribution in [-0.4, -0.2) is 95.5 Å². The Kier molecular flexibility index (Phi) is 9.15. The Hall–Kier alpha value is -1.28. The monoisotopic (exact) mass is 515 g/mol. The summed E-state index contributed by atoms with van der Waals surface area (Å²) in [6, 6.07) is 8.97. The maximum absolute atomic E-state index is 13.9. The van der Waals surface area contributed by atoms with Gasteiger partial charge in [0.15, 0.2) is 0 Å². The van der Waals surface area contributed by atoms with Crippen molar-refractivity contribution in [1.29, 1.82) is 0 Å². The quantitative estimate of drug-likeness (QED) is 0.586. The molecular formula is C29H45N3O3S. The van der Waals surface area contributed by atoms with Crippen LogP contribution in [-0.2, 0) is 4.79 Å². The van der Waals surface area contributed by atoms with Gasteiger partial charge in [-0.05, 0) is 75.1 Å². The van der Waals surface area contributed by atoms with Gasteiger partial charge in [-0.2, -0.15) is 0 Å². The predicted molar refractivity (Wildman–Crippen MR) is 146 cm³/mol. The van der Waals surface area contributed by atoms with Crippen LogP contribution in [0.25, 0.3) is 0 Å². The van der Waals surface area contributed by atoms with E-state index in [2.05, 4.69) is 26.8 Å². The summed E-state index contributed by atoms with van der Waals surface area (Å²) < 4.78 is 5.33. The molecule has 1 aliphatic carbocycles. The van der Waals surface area contributed by atoms with Crippen LogP contribution < -0.4 is 4.74 Å². The van der Waals surface area contributed by atoms with Gasteiger partial charge in [0.2, 0.25) is 5.91 Å². The Labute approximate surface area is 221 Å².